The fourth-order valence-corrected chi connectivity index (χ4v) is 0.947. The first-order valence-corrected chi connectivity index (χ1v) is 3.06. The van der Waals surface area contributed by atoms with Crippen molar-refractivity contribution in [2.75, 3.05) is 5.73 Å². The zero-order valence-corrected chi connectivity index (χ0v) is 5.57. The highest BCUT2D eigenvalue weighted by molar-refractivity contribution is 5.63. The maximum absolute atomic E-state index is 9.17. The molecule has 0 spiro atoms. The van der Waals surface area contributed by atoms with Crippen molar-refractivity contribution in [3.63, 3.8) is 0 Å². The van der Waals surface area contributed by atoms with Crippen LogP contribution in [-0.4, -0.2) is 20.1 Å². The van der Waals surface area contributed by atoms with Crippen molar-refractivity contribution in [1.29, 1.82) is 0 Å². The van der Waals surface area contributed by atoms with Crippen molar-refractivity contribution in [2.45, 2.75) is 0 Å². The molecule has 0 saturated carbocycles. The van der Waals surface area contributed by atoms with Crippen LogP contribution in [0.25, 0.3) is 11.4 Å². The van der Waals surface area contributed by atoms with E-state index in [1.54, 1.807) is 12.3 Å². The molecule has 2 rings (SSSR count). The SMILES string of the molecule is Nc1nc(O)c2nccc-2[nH]1. The molecular formula is C6H6N4O. The third-order valence-electron chi connectivity index (χ3n) is 1.40. The van der Waals surface area contributed by atoms with Crippen molar-refractivity contribution >= 4 is 5.95 Å². The summed E-state index contributed by atoms with van der Waals surface area (Å²) in [7, 11) is 0. The molecule has 0 radical (unpaired) electrons. The largest absolute Gasteiger partial charge is 0.492 e. The fourth-order valence-electron chi connectivity index (χ4n) is 0.947. The number of nitrogen functional groups attached to an aromatic ring is 1. The average Bonchev–Trinajstić information content (AvgIpc) is 2.34. The molecule has 0 aromatic rings. The molecule has 0 atom stereocenters. The van der Waals surface area contributed by atoms with Gasteiger partial charge in [0, 0.05) is 6.20 Å². The quantitative estimate of drug-likeness (QED) is 0.500. The first kappa shape index (κ1) is 5.96. The van der Waals surface area contributed by atoms with Crippen molar-refractivity contribution in [3.05, 3.63) is 12.3 Å². The van der Waals surface area contributed by atoms with Crippen LogP contribution in [0.2, 0.25) is 0 Å². The van der Waals surface area contributed by atoms with E-state index in [-0.39, 0.29) is 11.8 Å². The van der Waals surface area contributed by atoms with Gasteiger partial charge in [-0.3, -0.25) is 0 Å². The van der Waals surface area contributed by atoms with Gasteiger partial charge in [-0.15, -0.1) is 0 Å². The smallest absolute Gasteiger partial charge is 0.242 e. The van der Waals surface area contributed by atoms with Gasteiger partial charge in [-0.1, -0.05) is 0 Å². The highest BCUT2D eigenvalue weighted by atomic mass is 16.3. The van der Waals surface area contributed by atoms with Crippen LogP contribution in [0.4, 0.5) is 5.95 Å². The molecule has 56 valence electrons. The number of aromatic amines is 1. The number of anilines is 1. The lowest BCUT2D eigenvalue weighted by atomic mass is 10.3. The lowest BCUT2D eigenvalue weighted by Crippen LogP contribution is -1.96. The summed E-state index contributed by atoms with van der Waals surface area (Å²) in [5, 5.41) is 9.17. The zero-order chi connectivity index (χ0) is 7.84. The average molecular weight is 150 g/mol. The van der Waals surface area contributed by atoms with Crippen LogP contribution in [0.5, 0.6) is 5.88 Å². The highest BCUT2D eigenvalue weighted by Gasteiger charge is 2.10. The molecule has 11 heavy (non-hydrogen) atoms. The molecule has 5 nitrogen and oxygen atoms in total. The first-order valence-electron chi connectivity index (χ1n) is 3.06. The monoisotopic (exact) mass is 150 g/mol. The Kier molecular flexibility index (Phi) is 1.00. The third kappa shape index (κ3) is 0.778. The zero-order valence-electron chi connectivity index (χ0n) is 5.57. The molecule has 2 aliphatic heterocycles. The minimum Gasteiger partial charge on any atom is -0.492 e. The van der Waals surface area contributed by atoms with Gasteiger partial charge >= 0.3 is 0 Å². The molecule has 2 heterocycles. The number of hydrogen-bond acceptors (Lipinski definition) is 4. The van der Waals surface area contributed by atoms with Crippen LogP contribution in [0.15, 0.2) is 12.3 Å². The summed E-state index contributed by atoms with van der Waals surface area (Å²) in [4.78, 5) is 10.2. The van der Waals surface area contributed by atoms with E-state index in [4.69, 9.17) is 10.8 Å². The first-order chi connectivity index (χ1) is 5.27. The summed E-state index contributed by atoms with van der Waals surface area (Å²) in [6.45, 7) is 0. The Balaban J connectivity index is 2.79. The van der Waals surface area contributed by atoms with Crippen molar-refractivity contribution < 1.29 is 5.11 Å². The van der Waals surface area contributed by atoms with Gasteiger partial charge in [-0.2, -0.15) is 4.98 Å². The maximum Gasteiger partial charge on any atom is 0.242 e. The summed E-state index contributed by atoms with van der Waals surface area (Å²) >= 11 is 0. The Morgan fingerprint density at radius 2 is 2.36 bits per heavy atom. The predicted octanol–water partition coefficient (Wildman–Crippen LogP) is 0.197. The van der Waals surface area contributed by atoms with Crippen LogP contribution >= 0.6 is 0 Å². The van der Waals surface area contributed by atoms with Crippen molar-refractivity contribution in [3.8, 4) is 17.3 Å². The van der Waals surface area contributed by atoms with Gasteiger partial charge < -0.3 is 15.8 Å². The van der Waals surface area contributed by atoms with Gasteiger partial charge in [0.2, 0.25) is 11.8 Å². The van der Waals surface area contributed by atoms with E-state index in [0.717, 1.165) is 0 Å². The normalized spacial score (nSPS) is 10.5. The lowest BCUT2D eigenvalue weighted by Gasteiger charge is -2.00. The van der Waals surface area contributed by atoms with Crippen molar-refractivity contribution in [1.82, 2.24) is 15.0 Å². The second kappa shape index (κ2) is 1.85. The van der Waals surface area contributed by atoms with E-state index >= 15 is 0 Å². The molecule has 2 aliphatic rings. The number of nitrogens with two attached hydrogens (primary N) is 1. The van der Waals surface area contributed by atoms with Crippen LogP contribution < -0.4 is 5.73 Å². The Morgan fingerprint density at radius 3 is 3.18 bits per heavy atom. The number of aromatic nitrogens is 3. The number of H-pyrrole nitrogens is 1. The Bertz CT molecular complexity index is 356. The minimum atomic E-state index is -0.138. The number of nitrogens with one attached hydrogen (secondary N) is 1. The summed E-state index contributed by atoms with van der Waals surface area (Å²) in [6.07, 6.45) is 1.57. The Morgan fingerprint density at radius 1 is 1.55 bits per heavy atom. The summed E-state index contributed by atoms with van der Waals surface area (Å²) in [6, 6.07) is 1.72. The van der Waals surface area contributed by atoms with Gasteiger partial charge in [-0.05, 0) is 6.07 Å². The molecule has 0 bridgehead atoms. The molecule has 0 fully saturated rings. The molecule has 0 aromatic carbocycles. The van der Waals surface area contributed by atoms with E-state index in [2.05, 4.69) is 15.0 Å². The summed E-state index contributed by atoms with van der Waals surface area (Å²) < 4.78 is 0. The van der Waals surface area contributed by atoms with Gasteiger partial charge in [0.1, 0.15) is 5.69 Å². The topological polar surface area (TPSA) is 87.8 Å². The molecule has 0 unspecified atom stereocenters. The van der Waals surface area contributed by atoms with Crippen molar-refractivity contribution in [2.24, 2.45) is 0 Å². The van der Waals surface area contributed by atoms with Gasteiger partial charge in [0.25, 0.3) is 0 Å². The fraction of sp³-hybridized carbons (Fsp3) is 0. The number of nitrogens with zero attached hydrogens (tertiary/aromatic N) is 2. The number of aromatic hydroxyl groups is 1. The molecule has 0 amide bonds. The second-order valence-electron chi connectivity index (χ2n) is 2.15. The number of rotatable bonds is 0. The summed E-state index contributed by atoms with van der Waals surface area (Å²) in [5.74, 6) is 0.0456. The van der Waals surface area contributed by atoms with E-state index in [1.165, 1.54) is 0 Å². The third-order valence-corrected chi connectivity index (χ3v) is 1.40. The second-order valence-corrected chi connectivity index (χ2v) is 2.15. The maximum atomic E-state index is 9.17. The van der Waals surface area contributed by atoms with Gasteiger partial charge in [-0.25, -0.2) is 4.98 Å². The lowest BCUT2D eigenvalue weighted by molar-refractivity contribution is 0.453. The number of fused-ring (bicyclic) bond motifs is 1. The van der Waals surface area contributed by atoms with Crippen LogP contribution in [0.3, 0.4) is 0 Å². The van der Waals surface area contributed by atoms with Crippen LogP contribution in [0.1, 0.15) is 0 Å². The van der Waals surface area contributed by atoms with Gasteiger partial charge in [0.15, 0.2) is 0 Å². The Labute approximate surface area is 62.3 Å². The minimum absolute atomic E-state index is 0.138. The highest BCUT2D eigenvalue weighted by Crippen LogP contribution is 2.25. The molecular weight excluding hydrogens is 144 g/mol. The predicted molar refractivity (Wildman–Crippen MR) is 39.1 cm³/mol. The summed E-state index contributed by atoms with van der Waals surface area (Å²) in [5.41, 5.74) is 6.46. The molecule has 0 aromatic heterocycles. The number of hydrogen-bond donors (Lipinski definition) is 3. The molecule has 4 N–H and O–H groups in total. The molecule has 0 saturated heterocycles. The Hall–Kier alpha value is -1.78. The molecule has 5 heteroatoms. The van der Waals surface area contributed by atoms with E-state index < -0.39 is 0 Å². The van der Waals surface area contributed by atoms with E-state index in [1.807, 2.05) is 0 Å². The van der Waals surface area contributed by atoms with E-state index in [0.29, 0.717) is 11.4 Å². The van der Waals surface area contributed by atoms with E-state index in [9.17, 15) is 0 Å². The molecule has 0 aliphatic carbocycles. The van der Waals surface area contributed by atoms with Gasteiger partial charge in [0.05, 0.1) is 5.69 Å². The van der Waals surface area contributed by atoms with Crippen LogP contribution in [-0.2, 0) is 0 Å². The van der Waals surface area contributed by atoms with Crippen LogP contribution in [0, 0.1) is 0 Å². The standard InChI is InChI=1S/C6H6N4O/c7-6-9-3-1-2-8-4(3)5(11)10-6/h1-2,11H,(H3,7,9,10).